The van der Waals surface area contributed by atoms with Crippen molar-refractivity contribution in [1.82, 2.24) is 14.8 Å². The maximum atomic E-state index is 12.2. The summed E-state index contributed by atoms with van der Waals surface area (Å²) in [6.45, 7) is 0.587. The molecule has 0 aliphatic heterocycles. The normalized spacial score (nSPS) is 10.9. The average molecular weight is 457 g/mol. The van der Waals surface area contributed by atoms with Crippen molar-refractivity contribution in [2.45, 2.75) is 5.16 Å². The first-order valence-corrected chi connectivity index (χ1v) is 11.5. The molecule has 0 aliphatic rings. The van der Waals surface area contributed by atoms with E-state index in [0.29, 0.717) is 6.61 Å². The van der Waals surface area contributed by atoms with Crippen LogP contribution in [0.4, 0.5) is 5.69 Å². The Bertz CT molecular complexity index is 1210. The van der Waals surface area contributed by atoms with Gasteiger partial charge in [0.15, 0.2) is 11.0 Å². The predicted octanol–water partition coefficient (Wildman–Crippen LogP) is 5.31. The van der Waals surface area contributed by atoms with Gasteiger partial charge in [-0.15, -0.1) is 10.2 Å². The monoisotopic (exact) mass is 456 g/mol. The van der Waals surface area contributed by atoms with Crippen molar-refractivity contribution >= 4 is 29.4 Å². The van der Waals surface area contributed by atoms with E-state index in [1.54, 1.807) is 17.8 Å². The summed E-state index contributed by atoms with van der Waals surface area (Å²) < 4.78 is 7.69. The summed E-state index contributed by atoms with van der Waals surface area (Å²) in [6, 6.07) is 27.0. The van der Waals surface area contributed by atoms with Gasteiger partial charge < -0.3 is 14.6 Å². The van der Waals surface area contributed by atoms with E-state index in [9.17, 15) is 4.79 Å². The summed E-state index contributed by atoms with van der Waals surface area (Å²) in [6.07, 6.45) is 3.31. The highest BCUT2D eigenvalue weighted by atomic mass is 32.2. The number of para-hydroxylation sites is 1. The number of hydrogen-bond acceptors (Lipinski definition) is 5. The first-order chi connectivity index (χ1) is 16.2. The third kappa shape index (κ3) is 6.33. The molecule has 166 valence electrons. The Labute approximate surface area is 197 Å². The molecule has 1 heterocycles. The van der Waals surface area contributed by atoms with E-state index in [0.717, 1.165) is 39.3 Å². The van der Waals surface area contributed by atoms with E-state index >= 15 is 0 Å². The topological polar surface area (TPSA) is 69.0 Å². The largest absolute Gasteiger partial charge is 0.493 e. The zero-order valence-electron chi connectivity index (χ0n) is 18.2. The van der Waals surface area contributed by atoms with E-state index in [-0.39, 0.29) is 5.91 Å². The lowest BCUT2D eigenvalue weighted by Crippen LogP contribution is -2.07. The minimum Gasteiger partial charge on any atom is -0.493 e. The standard InChI is InChI=1S/C26H24N4O2S/c1-30-25(28-29-26(30)33-19-18-32-23-10-6-3-7-11-23)21-13-15-22(16-14-21)27-24(31)17-12-20-8-4-2-5-9-20/h2-17H,18-19H2,1H3,(H,27,31). The molecule has 1 aromatic heterocycles. The highest BCUT2D eigenvalue weighted by molar-refractivity contribution is 7.99. The molecular weight excluding hydrogens is 432 g/mol. The van der Waals surface area contributed by atoms with Gasteiger partial charge in [-0.2, -0.15) is 0 Å². The zero-order valence-corrected chi connectivity index (χ0v) is 19.0. The van der Waals surface area contributed by atoms with Crippen LogP contribution in [0.3, 0.4) is 0 Å². The Morgan fingerprint density at radius 2 is 1.67 bits per heavy atom. The maximum absolute atomic E-state index is 12.2. The smallest absolute Gasteiger partial charge is 0.248 e. The molecule has 6 nitrogen and oxygen atoms in total. The molecule has 4 rings (SSSR count). The van der Waals surface area contributed by atoms with Gasteiger partial charge in [-0.25, -0.2) is 0 Å². The van der Waals surface area contributed by atoms with E-state index in [1.165, 1.54) is 6.08 Å². The molecule has 33 heavy (non-hydrogen) atoms. The molecule has 3 aromatic carbocycles. The van der Waals surface area contributed by atoms with E-state index < -0.39 is 0 Å². The van der Waals surface area contributed by atoms with Crippen LogP contribution in [0.2, 0.25) is 0 Å². The molecule has 0 fully saturated rings. The second-order valence-corrected chi connectivity index (χ2v) is 8.25. The molecule has 0 aliphatic carbocycles. The lowest BCUT2D eigenvalue weighted by Gasteiger charge is -2.07. The van der Waals surface area contributed by atoms with E-state index in [2.05, 4.69) is 15.5 Å². The van der Waals surface area contributed by atoms with Crippen molar-refractivity contribution in [2.75, 3.05) is 17.7 Å². The number of hydrogen-bond donors (Lipinski definition) is 1. The lowest BCUT2D eigenvalue weighted by molar-refractivity contribution is -0.111. The van der Waals surface area contributed by atoms with Crippen LogP contribution in [0.15, 0.2) is 96.2 Å². The highest BCUT2D eigenvalue weighted by Gasteiger charge is 2.11. The molecule has 0 bridgehead atoms. The van der Waals surface area contributed by atoms with Crippen molar-refractivity contribution < 1.29 is 9.53 Å². The molecule has 0 saturated heterocycles. The highest BCUT2D eigenvalue weighted by Crippen LogP contribution is 2.24. The van der Waals surface area contributed by atoms with Crippen LogP contribution in [0.1, 0.15) is 5.56 Å². The second-order valence-electron chi connectivity index (χ2n) is 7.19. The van der Waals surface area contributed by atoms with Gasteiger partial charge in [-0.1, -0.05) is 60.3 Å². The first-order valence-electron chi connectivity index (χ1n) is 10.5. The summed E-state index contributed by atoms with van der Waals surface area (Å²) in [5, 5.41) is 12.3. The lowest BCUT2D eigenvalue weighted by atomic mass is 10.2. The number of aromatic nitrogens is 3. The second kappa shape index (κ2) is 11.2. The Hall–Kier alpha value is -3.84. The molecule has 0 radical (unpaired) electrons. The number of carbonyl (C=O) groups is 1. The molecule has 0 unspecified atom stereocenters. The Morgan fingerprint density at radius 3 is 2.39 bits per heavy atom. The van der Waals surface area contributed by atoms with Crippen LogP contribution >= 0.6 is 11.8 Å². The Kier molecular flexibility index (Phi) is 7.56. The number of ether oxygens (including phenoxy) is 1. The number of amides is 1. The van der Waals surface area contributed by atoms with Crippen molar-refractivity contribution in [3.05, 3.63) is 96.6 Å². The fourth-order valence-corrected chi connectivity index (χ4v) is 3.85. The summed E-state index contributed by atoms with van der Waals surface area (Å²) in [5.74, 6) is 2.21. The summed E-state index contributed by atoms with van der Waals surface area (Å²) in [4.78, 5) is 12.2. The summed E-state index contributed by atoms with van der Waals surface area (Å²) in [7, 11) is 1.94. The zero-order chi connectivity index (χ0) is 22.9. The molecule has 7 heteroatoms. The molecule has 0 spiro atoms. The SMILES string of the molecule is Cn1c(SCCOc2ccccc2)nnc1-c1ccc(NC(=O)C=Cc2ccccc2)cc1. The van der Waals surface area contributed by atoms with Crippen LogP contribution in [-0.2, 0) is 11.8 Å². The van der Waals surface area contributed by atoms with Gasteiger partial charge in [-0.3, -0.25) is 4.79 Å². The number of nitrogens with zero attached hydrogens (tertiary/aromatic N) is 3. The predicted molar refractivity (Wildman–Crippen MR) is 133 cm³/mol. The fourth-order valence-electron chi connectivity index (χ4n) is 3.12. The quantitative estimate of drug-likeness (QED) is 0.210. The van der Waals surface area contributed by atoms with Gasteiger partial charge in [0, 0.05) is 30.1 Å². The molecule has 0 atom stereocenters. The molecule has 1 amide bonds. The molecule has 4 aromatic rings. The molecule has 1 N–H and O–H groups in total. The van der Waals surface area contributed by atoms with Gasteiger partial charge in [-0.05, 0) is 48.0 Å². The van der Waals surface area contributed by atoms with Crippen molar-refractivity contribution in [2.24, 2.45) is 7.05 Å². The minimum atomic E-state index is -0.179. The Morgan fingerprint density at radius 1 is 0.970 bits per heavy atom. The van der Waals surface area contributed by atoms with Crippen LogP contribution in [0.25, 0.3) is 17.5 Å². The summed E-state index contributed by atoms with van der Waals surface area (Å²) in [5.41, 5.74) is 2.62. The van der Waals surface area contributed by atoms with Gasteiger partial charge in [0.2, 0.25) is 5.91 Å². The number of thioether (sulfide) groups is 1. The van der Waals surface area contributed by atoms with Crippen LogP contribution in [0.5, 0.6) is 5.75 Å². The van der Waals surface area contributed by atoms with E-state index in [4.69, 9.17) is 4.74 Å². The maximum Gasteiger partial charge on any atom is 0.248 e. The number of benzene rings is 3. The van der Waals surface area contributed by atoms with Crippen LogP contribution in [0, 0.1) is 0 Å². The van der Waals surface area contributed by atoms with E-state index in [1.807, 2.05) is 96.5 Å². The third-order valence-electron chi connectivity index (χ3n) is 4.80. The van der Waals surface area contributed by atoms with Crippen LogP contribution in [-0.4, -0.2) is 33.0 Å². The first kappa shape index (κ1) is 22.4. The van der Waals surface area contributed by atoms with Crippen molar-refractivity contribution in [3.63, 3.8) is 0 Å². The average Bonchev–Trinajstić information content (AvgIpc) is 3.22. The summed E-state index contributed by atoms with van der Waals surface area (Å²) >= 11 is 1.60. The van der Waals surface area contributed by atoms with Gasteiger partial charge in [0.25, 0.3) is 0 Å². The fraction of sp³-hybridized carbons (Fsp3) is 0.115. The van der Waals surface area contributed by atoms with Gasteiger partial charge in [0.05, 0.1) is 6.61 Å². The van der Waals surface area contributed by atoms with Gasteiger partial charge in [0.1, 0.15) is 5.75 Å². The third-order valence-corrected chi connectivity index (χ3v) is 5.78. The van der Waals surface area contributed by atoms with Gasteiger partial charge >= 0.3 is 0 Å². The molecule has 0 saturated carbocycles. The number of nitrogens with one attached hydrogen (secondary N) is 1. The Balaban J connectivity index is 1.30. The van der Waals surface area contributed by atoms with Crippen molar-refractivity contribution in [3.8, 4) is 17.1 Å². The number of anilines is 1. The number of carbonyl (C=O) groups excluding carboxylic acids is 1. The number of rotatable bonds is 9. The minimum absolute atomic E-state index is 0.179. The van der Waals surface area contributed by atoms with Crippen LogP contribution < -0.4 is 10.1 Å². The molecular formula is C26H24N4O2S. The van der Waals surface area contributed by atoms with Crippen molar-refractivity contribution in [1.29, 1.82) is 0 Å².